The van der Waals surface area contributed by atoms with E-state index in [9.17, 15) is 4.21 Å². The van der Waals surface area contributed by atoms with E-state index < -0.39 is 10.8 Å². The summed E-state index contributed by atoms with van der Waals surface area (Å²) in [6, 6.07) is 12.4. The summed E-state index contributed by atoms with van der Waals surface area (Å²) >= 11 is 0. The lowest BCUT2D eigenvalue weighted by atomic mass is 9.94. The molecule has 30 heavy (non-hydrogen) atoms. The van der Waals surface area contributed by atoms with E-state index in [0.29, 0.717) is 39.5 Å². The van der Waals surface area contributed by atoms with Gasteiger partial charge in [-0.3, -0.25) is 4.21 Å². The number of anilines is 1. The molecule has 1 saturated carbocycles. The molecule has 0 bridgehead atoms. The largest absolute Gasteiger partial charge is 0.494 e. The van der Waals surface area contributed by atoms with Gasteiger partial charge >= 0.3 is 0 Å². The molecule has 160 valence electrons. The second-order valence-electron chi connectivity index (χ2n) is 7.76. The fourth-order valence-corrected chi connectivity index (χ4v) is 5.39. The molecule has 7 heteroatoms. The second-order valence-corrected chi connectivity index (χ2v) is 9.12. The van der Waals surface area contributed by atoms with Gasteiger partial charge in [-0.05, 0) is 36.6 Å². The molecule has 0 amide bonds. The van der Waals surface area contributed by atoms with Crippen LogP contribution in [0.2, 0.25) is 0 Å². The Labute approximate surface area is 180 Å². The standard InChI is InChI=1S/C23H29N3O3S/c1-26(17-10-5-4-6-11-17)18-12-8-7-9-16(18)15-30(27)23-24-21-19(28-2)13-14-20(29-3)22(21)25-23/h7-9,12-14,17H,4-6,10-11,15H2,1-3H3,(H,24,25). The highest BCUT2D eigenvalue weighted by atomic mass is 32.2. The number of H-pyrrole nitrogens is 1. The van der Waals surface area contributed by atoms with Crippen molar-refractivity contribution >= 4 is 27.5 Å². The van der Waals surface area contributed by atoms with Gasteiger partial charge in [0.05, 0.1) is 30.8 Å². The summed E-state index contributed by atoms with van der Waals surface area (Å²) in [5.41, 5.74) is 3.56. The van der Waals surface area contributed by atoms with Crippen molar-refractivity contribution < 1.29 is 13.7 Å². The Hall–Kier alpha value is -2.54. The van der Waals surface area contributed by atoms with E-state index in [1.807, 2.05) is 18.2 Å². The molecule has 0 saturated heterocycles. The SMILES string of the molecule is COc1ccc(OC)c2[nH]c(S(=O)Cc3ccccc3N(C)C3CCCCC3)nc12. The number of nitrogens with zero attached hydrogens (tertiary/aromatic N) is 2. The minimum Gasteiger partial charge on any atom is -0.494 e. The molecule has 6 nitrogen and oxygen atoms in total. The Kier molecular flexibility index (Phi) is 6.27. The van der Waals surface area contributed by atoms with E-state index >= 15 is 0 Å². The zero-order valence-electron chi connectivity index (χ0n) is 17.8. The van der Waals surface area contributed by atoms with Gasteiger partial charge in [-0.25, -0.2) is 4.98 Å². The van der Waals surface area contributed by atoms with Gasteiger partial charge in [-0.2, -0.15) is 0 Å². The quantitative estimate of drug-likeness (QED) is 0.594. The highest BCUT2D eigenvalue weighted by Crippen LogP contribution is 2.33. The van der Waals surface area contributed by atoms with Gasteiger partial charge in [-0.15, -0.1) is 0 Å². The maximum absolute atomic E-state index is 13.3. The molecular weight excluding hydrogens is 398 g/mol. The molecule has 1 aromatic heterocycles. The number of hydrogen-bond donors (Lipinski definition) is 1. The monoisotopic (exact) mass is 427 g/mol. The van der Waals surface area contributed by atoms with Crippen molar-refractivity contribution in [2.45, 2.75) is 49.1 Å². The van der Waals surface area contributed by atoms with Gasteiger partial charge in [-0.1, -0.05) is 37.5 Å². The highest BCUT2D eigenvalue weighted by Gasteiger charge is 2.22. The van der Waals surface area contributed by atoms with E-state index in [1.165, 1.54) is 32.1 Å². The fourth-order valence-electron chi connectivity index (χ4n) is 4.32. The number of methoxy groups -OCH3 is 2. The van der Waals surface area contributed by atoms with Crippen LogP contribution in [0.25, 0.3) is 11.0 Å². The molecule has 1 fully saturated rings. The maximum Gasteiger partial charge on any atom is 0.197 e. The molecule has 1 heterocycles. The van der Waals surface area contributed by atoms with Crippen LogP contribution in [0.5, 0.6) is 11.5 Å². The summed E-state index contributed by atoms with van der Waals surface area (Å²) in [5, 5.41) is 0.433. The van der Waals surface area contributed by atoms with Gasteiger partial charge in [0.15, 0.2) is 5.16 Å². The Morgan fingerprint density at radius 1 is 1.07 bits per heavy atom. The van der Waals surface area contributed by atoms with Gasteiger partial charge < -0.3 is 19.4 Å². The molecule has 1 atom stereocenters. The summed E-state index contributed by atoms with van der Waals surface area (Å²) in [4.78, 5) is 10.1. The summed E-state index contributed by atoms with van der Waals surface area (Å²) in [6.07, 6.45) is 6.33. The lowest BCUT2D eigenvalue weighted by Crippen LogP contribution is -2.34. The van der Waals surface area contributed by atoms with Crippen molar-refractivity contribution in [3.05, 3.63) is 42.0 Å². The van der Waals surface area contributed by atoms with Gasteiger partial charge in [0, 0.05) is 18.8 Å². The molecule has 0 aliphatic heterocycles. The normalized spacial score (nSPS) is 15.8. The Bertz CT molecular complexity index is 1000. The van der Waals surface area contributed by atoms with E-state index in [1.54, 1.807) is 14.2 Å². The van der Waals surface area contributed by atoms with Crippen LogP contribution in [0.1, 0.15) is 37.7 Å². The number of para-hydroxylation sites is 1. The van der Waals surface area contributed by atoms with Gasteiger partial charge in [0.25, 0.3) is 0 Å². The number of ether oxygens (including phenoxy) is 2. The van der Waals surface area contributed by atoms with Gasteiger partial charge in [0.2, 0.25) is 0 Å². The Morgan fingerprint density at radius 3 is 2.50 bits per heavy atom. The van der Waals surface area contributed by atoms with Crippen LogP contribution in [0.15, 0.2) is 41.6 Å². The van der Waals surface area contributed by atoms with Crippen molar-refractivity contribution in [3.63, 3.8) is 0 Å². The smallest absolute Gasteiger partial charge is 0.197 e. The zero-order valence-corrected chi connectivity index (χ0v) is 18.6. The second kappa shape index (κ2) is 9.08. The first-order valence-corrected chi connectivity index (χ1v) is 11.7. The lowest BCUT2D eigenvalue weighted by Gasteiger charge is -2.34. The third kappa shape index (κ3) is 4.03. The number of imidazole rings is 1. The number of aromatic amines is 1. The summed E-state index contributed by atoms with van der Waals surface area (Å²) in [5.74, 6) is 1.68. The molecule has 1 unspecified atom stereocenters. The van der Waals surface area contributed by atoms with E-state index in [4.69, 9.17) is 9.47 Å². The summed E-state index contributed by atoms with van der Waals surface area (Å²) in [6.45, 7) is 0. The molecule has 0 spiro atoms. The van der Waals surface area contributed by atoms with E-state index in [2.05, 4.69) is 40.1 Å². The van der Waals surface area contributed by atoms with Crippen molar-refractivity contribution in [2.75, 3.05) is 26.2 Å². The third-order valence-corrected chi connectivity index (χ3v) is 7.18. The molecule has 1 aliphatic rings. The predicted octanol–water partition coefficient (Wildman–Crippen LogP) is 4.66. The first-order chi connectivity index (χ1) is 14.6. The summed E-state index contributed by atoms with van der Waals surface area (Å²) in [7, 11) is 4.05. The van der Waals surface area contributed by atoms with Crippen LogP contribution in [0.3, 0.4) is 0 Å². The molecule has 1 aliphatic carbocycles. The topological polar surface area (TPSA) is 67.5 Å². The van der Waals surface area contributed by atoms with E-state index in [-0.39, 0.29) is 0 Å². The fraction of sp³-hybridized carbons (Fsp3) is 0.435. The molecule has 4 rings (SSSR count). The van der Waals surface area contributed by atoms with Crippen LogP contribution in [-0.2, 0) is 16.6 Å². The first-order valence-electron chi connectivity index (χ1n) is 10.4. The van der Waals surface area contributed by atoms with Crippen LogP contribution in [0.4, 0.5) is 5.69 Å². The van der Waals surface area contributed by atoms with Crippen molar-refractivity contribution in [1.82, 2.24) is 9.97 Å². The predicted molar refractivity (Wildman–Crippen MR) is 121 cm³/mol. The number of aromatic nitrogens is 2. The average Bonchev–Trinajstić information content (AvgIpc) is 3.25. The average molecular weight is 428 g/mol. The molecule has 2 aromatic carbocycles. The summed E-state index contributed by atoms with van der Waals surface area (Å²) < 4.78 is 24.1. The first kappa shape index (κ1) is 20.7. The zero-order chi connectivity index (χ0) is 21.1. The number of benzene rings is 2. The molecule has 1 N–H and O–H groups in total. The van der Waals surface area contributed by atoms with Crippen LogP contribution >= 0.6 is 0 Å². The lowest BCUT2D eigenvalue weighted by molar-refractivity contribution is 0.409. The Morgan fingerprint density at radius 2 is 1.77 bits per heavy atom. The number of hydrogen-bond acceptors (Lipinski definition) is 5. The minimum absolute atomic E-state index is 0.400. The number of fused-ring (bicyclic) bond motifs is 1. The van der Waals surface area contributed by atoms with E-state index in [0.717, 1.165) is 11.3 Å². The highest BCUT2D eigenvalue weighted by molar-refractivity contribution is 7.84. The molecular formula is C23H29N3O3S. The minimum atomic E-state index is -1.32. The molecule has 3 aromatic rings. The van der Waals surface area contributed by atoms with Gasteiger partial charge in [0.1, 0.15) is 22.5 Å². The number of nitrogens with one attached hydrogen (secondary N) is 1. The van der Waals surface area contributed by atoms with Crippen LogP contribution in [0, 0.1) is 0 Å². The van der Waals surface area contributed by atoms with Crippen LogP contribution in [-0.4, -0.2) is 41.5 Å². The van der Waals surface area contributed by atoms with Crippen molar-refractivity contribution in [1.29, 1.82) is 0 Å². The van der Waals surface area contributed by atoms with Crippen molar-refractivity contribution in [2.24, 2.45) is 0 Å². The third-order valence-electron chi connectivity index (χ3n) is 5.98. The van der Waals surface area contributed by atoms with Crippen LogP contribution < -0.4 is 14.4 Å². The Balaban J connectivity index is 1.62. The maximum atomic E-state index is 13.3. The van der Waals surface area contributed by atoms with Crippen molar-refractivity contribution in [3.8, 4) is 11.5 Å². The number of rotatable bonds is 7. The molecule has 0 radical (unpaired) electrons.